The first-order chi connectivity index (χ1) is 9.38. The highest BCUT2D eigenvalue weighted by Crippen LogP contribution is 2.24. The van der Waals surface area contributed by atoms with E-state index in [0.29, 0.717) is 12.5 Å². The van der Waals surface area contributed by atoms with Gasteiger partial charge in [0.25, 0.3) is 5.91 Å². The molecule has 2 rings (SSSR count). The van der Waals surface area contributed by atoms with Gasteiger partial charge in [0, 0.05) is 6.54 Å². The summed E-state index contributed by atoms with van der Waals surface area (Å²) in [6.45, 7) is 0.592. The van der Waals surface area contributed by atoms with E-state index < -0.39 is 10.0 Å². The summed E-state index contributed by atoms with van der Waals surface area (Å²) in [4.78, 5) is 12.0. The predicted molar refractivity (Wildman–Crippen MR) is 77.1 cm³/mol. The maximum absolute atomic E-state index is 12.1. The van der Waals surface area contributed by atoms with Gasteiger partial charge < -0.3 is 5.32 Å². The Hall–Kier alpha value is -1.11. The first-order valence-corrected chi connectivity index (χ1v) is 8.41. The number of rotatable bonds is 4. The third kappa shape index (κ3) is 3.71. The molecule has 0 atom stereocenters. The summed E-state index contributed by atoms with van der Waals surface area (Å²) >= 11 is 5.94. The molecule has 0 bridgehead atoms. The highest BCUT2D eigenvalue weighted by Gasteiger charge is 2.19. The number of primary sulfonamides is 1. The number of carbonyl (C=O) groups is 1. The van der Waals surface area contributed by atoms with Gasteiger partial charge in [0.05, 0.1) is 15.5 Å². The Balaban J connectivity index is 2.12. The Bertz CT molecular complexity index is 610. The van der Waals surface area contributed by atoms with Crippen molar-refractivity contribution in [3.05, 3.63) is 28.8 Å². The van der Waals surface area contributed by atoms with Gasteiger partial charge >= 0.3 is 0 Å². The van der Waals surface area contributed by atoms with Crippen LogP contribution in [0.15, 0.2) is 23.1 Å². The molecule has 5 nitrogen and oxygen atoms in total. The molecular weight excluding hydrogens is 300 g/mol. The van der Waals surface area contributed by atoms with Crippen LogP contribution in [0.5, 0.6) is 0 Å². The highest BCUT2D eigenvalue weighted by atomic mass is 35.5. The molecule has 3 N–H and O–H groups in total. The molecular formula is C13H17ClN2O3S. The van der Waals surface area contributed by atoms with Gasteiger partial charge in [0.15, 0.2) is 0 Å². The van der Waals surface area contributed by atoms with Crippen LogP contribution < -0.4 is 10.5 Å². The van der Waals surface area contributed by atoms with Crippen molar-refractivity contribution in [3.8, 4) is 0 Å². The molecule has 0 unspecified atom stereocenters. The van der Waals surface area contributed by atoms with E-state index >= 15 is 0 Å². The molecule has 1 aromatic carbocycles. The van der Waals surface area contributed by atoms with Crippen molar-refractivity contribution >= 4 is 27.5 Å². The lowest BCUT2D eigenvalue weighted by Crippen LogP contribution is -2.28. The van der Waals surface area contributed by atoms with Crippen LogP contribution in [0.4, 0.5) is 0 Å². The number of nitrogens with two attached hydrogens (primary N) is 1. The van der Waals surface area contributed by atoms with E-state index in [4.69, 9.17) is 16.7 Å². The van der Waals surface area contributed by atoms with Crippen LogP contribution in [-0.4, -0.2) is 20.9 Å². The molecule has 0 aromatic heterocycles. The number of hydrogen-bond donors (Lipinski definition) is 2. The molecule has 1 amide bonds. The van der Waals surface area contributed by atoms with E-state index in [0.717, 1.165) is 12.8 Å². The molecule has 1 aromatic rings. The second-order valence-electron chi connectivity index (χ2n) is 5.05. The fourth-order valence-electron chi connectivity index (χ4n) is 2.40. The summed E-state index contributed by atoms with van der Waals surface area (Å²) in [6, 6.07) is 3.86. The number of nitrogens with one attached hydrogen (secondary N) is 1. The fraction of sp³-hybridized carbons (Fsp3) is 0.462. The Morgan fingerprint density at radius 1 is 1.35 bits per heavy atom. The first-order valence-electron chi connectivity index (χ1n) is 6.48. The average molecular weight is 317 g/mol. The van der Waals surface area contributed by atoms with Crippen molar-refractivity contribution in [1.82, 2.24) is 5.32 Å². The number of halogens is 1. The number of amides is 1. The van der Waals surface area contributed by atoms with Crippen LogP contribution in [0.2, 0.25) is 5.02 Å². The Labute approximate surface area is 123 Å². The van der Waals surface area contributed by atoms with Gasteiger partial charge in [-0.1, -0.05) is 24.4 Å². The van der Waals surface area contributed by atoms with E-state index in [9.17, 15) is 13.2 Å². The zero-order chi connectivity index (χ0) is 14.8. The van der Waals surface area contributed by atoms with E-state index in [1.807, 2.05) is 0 Å². The molecule has 20 heavy (non-hydrogen) atoms. The Morgan fingerprint density at radius 3 is 2.60 bits per heavy atom. The fourth-order valence-corrected chi connectivity index (χ4v) is 3.15. The SMILES string of the molecule is NS(=O)(=O)c1ccc(Cl)c(C(=O)NCC2CCCC2)c1. The second-order valence-corrected chi connectivity index (χ2v) is 7.02. The largest absolute Gasteiger partial charge is 0.352 e. The lowest BCUT2D eigenvalue weighted by Gasteiger charge is -2.12. The number of hydrogen-bond acceptors (Lipinski definition) is 3. The molecule has 0 spiro atoms. The normalized spacial score (nSPS) is 16.3. The van der Waals surface area contributed by atoms with Gasteiger partial charge in [-0.3, -0.25) is 4.79 Å². The van der Waals surface area contributed by atoms with Crippen LogP contribution in [-0.2, 0) is 10.0 Å². The zero-order valence-corrected chi connectivity index (χ0v) is 12.5. The Kier molecular flexibility index (Phi) is 4.67. The average Bonchev–Trinajstić information content (AvgIpc) is 2.88. The third-order valence-corrected chi connectivity index (χ3v) is 4.78. The van der Waals surface area contributed by atoms with Gasteiger partial charge in [-0.05, 0) is 37.0 Å². The predicted octanol–water partition coefficient (Wildman–Crippen LogP) is 1.91. The number of sulfonamides is 1. The van der Waals surface area contributed by atoms with Crippen molar-refractivity contribution in [1.29, 1.82) is 0 Å². The molecule has 0 saturated heterocycles. The number of carbonyl (C=O) groups excluding carboxylic acids is 1. The maximum Gasteiger partial charge on any atom is 0.252 e. The van der Waals surface area contributed by atoms with Gasteiger partial charge in [-0.2, -0.15) is 0 Å². The molecule has 7 heteroatoms. The van der Waals surface area contributed by atoms with Crippen LogP contribution in [0.25, 0.3) is 0 Å². The standard InChI is InChI=1S/C13H17ClN2O3S/c14-12-6-5-10(20(15,18)19)7-11(12)13(17)16-8-9-3-1-2-4-9/h5-7,9H,1-4,8H2,(H,16,17)(H2,15,18,19). The van der Waals surface area contributed by atoms with E-state index in [2.05, 4.69) is 5.32 Å². The zero-order valence-electron chi connectivity index (χ0n) is 10.9. The molecule has 1 aliphatic rings. The summed E-state index contributed by atoms with van der Waals surface area (Å²) in [5, 5.41) is 8.06. The summed E-state index contributed by atoms with van der Waals surface area (Å²) in [6.07, 6.45) is 4.63. The van der Waals surface area contributed by atoms with Gasteiger partial charge in [-0.15, -0.1) is 0 Å². The monoisotopic (exact) mass is 316 g/mol. The van der Waals surface area contributed by atoms with Crippen LogP contribution in [0.3, 0.4) is 0 Å². The molecule has 110 valence electrons. The number of benzene rings is 1. The van der Waals surface area contributed by atoms with Crippen LogP contribution >= 0.6 is 11.6 Å². The van der Waals surface area contributed by atoms with E-state index in [1.165, 1.54) is 31.0 Å². The van der Waals surface area contributed by atoms with Gasteiger partial charge in [0.2, 0.25) is 10.0 Å². The summed E-state index contributed by atoms with van der Waals surface area (Å²) in [7, 11) is -3.84. The van der Waals surface area contributed by atoms with Crippen LogP contribution in [0.1, 0.15) is 36.0 Å². The van der Waals surface area contributed by atoms with Crippen molar-refractivity contribution in [2.75, 3.05) is 6.54 Å². The van der Waals surface area contributed by atoms with E-state index in [1.54, 1.807) is 0 Å². The minimum Gasteiger partial charge on any atom is -0.352 e. The van der Waals surface area contributed by atoms with Crippen molar-refractivity contribution in [3.63, 3.8) is 0 Å². The Morgan fingerprint density at radius 2 is 2.00 bits per heavy atom. The highest BCUT2D eigenvalue weighted by molar-refractivity contribution is 7.89. The minimum atomic E-state index is -3.84. The molecule has 0 radical (unpaired) electrons. The second kappa shape index (κ2) is 6.11. The summed E-state index contributed by atoms with van der Waals surface area (Å²) < 4.78 is 22.6. The third-order valence-electron chi connectivity index (χ3n) is 3.54. The maximum atomic E-state index is 12.1. The molecule has 0 aliphatic heterocycles. The van der Waals surface area contributed by atoms with Crippen molar-refractivity contribution in [2.24, 2.45) is 11.1 Å². The molecule has 0 heterocycles. The van der Waals surface area contributed by atoms with Gasteiger partial charge in [-0.25, -0.2) is 13.6 Å². The molecule has 1 aliphatic carbocycles. The van der Waals surface area contributed by atoms with Crippen molar-refractivity contribution < 1.29 is 13.2 Å². The lowest BCUT2D eigenvalue weighted by atomic mass is 10.1. The first kappa shape index (κ1) is 15.3. The van der Waals surface area contributed by atoms with Gasteiger partial charge in [0.1, 0.15) is 0 Å². The van der Waals surface area contributed by atoms with Crippen LogP contribution in [0, 0.1) is 5.92 Å². The van der Waals surface area contributed by atoms with E-state index in [-0.39, 0.29) is 21.4 Å². The summed E-state index contributed by atoms with van der Waals surface area (Å²) in [5.74, 6) is 0.131. The quantitative estimate of drug-likeness (QED) is 0.889. The molecule has 1 saturated carbocycles. The molecule has 1 fully saturated rings. The smallest absolute Gasteiger partial charge is 0.252 e. The van der Waals surface area contributed by atoms with Crippen molar-refractivity contribution in [2.45, 2.75) is 30.6 Å². The minimum absolute atomic E-state index is 0.118. The lowest BCUT2D eigenvalue weighted by molar-refractivity contribution is 0.0947. The summed E-state index contributed by atoms with van der Waals surface area (Å²) in [5.41, 5.74) is 0.135. The topological polar surface area (TPSA) is 89.3 Å².